The molecule has 30 heavy (non-hydrogen) atoms. The van der Waals surface area contributed by atoms with E-state index in [4.69, 9.17) is 9.72 Å². The van der Waals surface area contributed by atoms with E-state index >= 15 is 0 Å². The number of nitrogens with zero attached hydrogens (tertiary/aromatic N) is 2. The zero-order valence-corrected chi connectivity index (χ0v) is 17.6. The molecule has 2 aliphatic rings. The Morgan fingerprint density at radius 2 is 2.20 bits per heavy atom. The van der Waals surface area contributed by atoms with Gasteiger partial charge >= 0.3 is 0 Å². The second-order valence-electron chi connectivity index (χ2n) is 8.04. The first-order valence-electron chi connectivity index (χ1n) is 11.1. The Labute approximate surface area is 178 Å². The van der Waals surface area contributed by atoms with Crippen molar-refractivity contribution < 1.29 is 9.53 Å². The van der Waals surface area contributed by atoms with Crippen molar-refractivity contribution in [3.8, 4) is 11.3 Å². The Kier molecular flexibility index (Phi) is 6.92. The fourth-order valence-corrected chi connectivity index (χ4v) is 4.08. The molecule has 7 nitrogen and oxygen atoms in total. The molecule has 7 heteroatoms. The first-order chi connectivity index (χ1) is 14.7. The van der Waals surface area contributed by atoms with Crippen LogP contribution in [0, 0.1) is 5.92 Å². The van der Waals surface area contributed by atoms with Gasteiger partial charge in [0.2, 0.25) is 5.91 Å². The van der Waals surface area contributed by atoms with Crippen LogP contribution in [0.2, 0.25) is 0 Å². The van der Waals surface area contributed by atoms with Crippen LogP contribution >= 0.6 is 0 Å². The zero-order valence-electron chi connectivity index (χ0n) is 17.6. The van der Waals surface area contributed by atoms with Crippen molar-refractivity contribution in [3.05, 3.63) is 36.0 Å². The van der Waals surface area contributed by atoms with Crippen LogP contribution in [0.1, 0.15) is 38.2 Å². The molecule has 2 aromatic rings. The normalized spacial score (nSPS) is 21.4. The first-order valence-corrected chi connectivity index (χ1v) is 11.1. The fourth-order valence-electron chi connectivity index (χ4n) is 4.08. The SMILES string of the molecule is CCc1cnc(NC(=O)C2CCCNC2)cc1-c1cccc(NCC2CCCO2)n1. The van der Waals surface area contributed by atoms with Gasteiger partial charge in [-0.2, -0.15) is 0 Å². The fraction of sp³-hybridized carbons (Fsp3) is 0.522. The van der Waals surface area contributed by atoms with Gasteiger partial charge in [0.25, 0.3) is 0 Å². The number of carbonyl (C=O) groups is 1. The van der Waals surface area contributed by atoms with Gasteiger partial charge in [0, 0.05) is 31.5 Å². The summed E-state index contributed by atoms with van der Waals surface area (Å²) in [5, 5.41) is 9.68. The second kappa shape index (κ2) is 10.00. The number of pyridine rings is 2. The van der Waals surface area contributed by atoms with E-state index in [1.165, 1.54) is 0 Å². The number of amides is 1. The second-order valence-corrected chi connectivity index (χ2v) is 8.04. The summed E-state index contributed by atoms with van der Waals surface area (Å²) in [7, 11) is 0. The van der Waals surface area contributed by atoms with Crippen molar-refractivity contribution >= 4 is 17.5 Å². The van der Waals surface area contributed by atoms with Crippen LogP contribution < -0.4 is 16.0 Å². The zero-order chi connectivity index (χ0) is 20.8. The van der Waals surface area contributed by atoms with Crippen LogP contribution in [0.15, 0.2) is 30.5 Å². The molecule has 0 aliphatic carbocycles. The van der Waals surface area contributed by atoms with E-state index in [0.29, 0.717) is 5.82 Å². The summed E-state index contributed by atoms with van der Waals surface area (Å²) in [6.45, 7) is 5.43. The summed E-state index contributed by atoms with van der Waals surface area (Å²) in [5.41, 5.74) is 2.99. The van der Waals surface area contributed by atoms with Crippen LogP contribution in [-0.4, -0.2) is 48.2 Å². The standard InChI is InChI=1S/C23H31N5O2/c1-2-16-14-25-22(28-23(29)17-6-4-10-24-13-17)12-19(16)20-8-3-9-21(27-20)26-15-18-7-5-11-30-18/h3,8-9,12,14,17-18,24H,2,4-7,10-11,13,15H2,1H3,(H,26,27)(H,25,28,29). The third kappa shape index (κ3) is 5.15. The summed E-state index contributed by atoms with van der Waals surface area (Å²) < 4.78 is 5.69. The lowest BCUT2D eigenvalue weighted by molar-refractivity contribution is -0.120. The number of piperidine rings is 1. The largest absolute Gasteiger partial charge is 0.376 e. The number of rotatable bonds is 7. The maximum Gasteiger partial charge on any atom is 0.229 e. The minimum absolute atomic E-state index is 0.00156. The Morgan fingerprint density at radius 3 is 2.97 bits per heavy atom. The summed E-state index contributed by atoms with van der Waals surface area (Å²) in [6, 6.07) is 7.93. The molecule has 2 aliphatic heterocycles. The summed E-state index contributed by atoms with van der Waals surface area (Å²) >= 11 is 0. The van der Waals surface area contributed by atoms with Crippen LogP contribution in [-0.2, 0) is 16.0 Å². The Bertz CT molecular complexity index is 860. The molecule has 0 saturated carbocycles. The maximum absolute atomic E-state index is 12.6. The highest BCUT2D eigenvalue weighted by atomic mass is 16.5. The third-order valence-electron chi connectivity index (χ3n) is 5.85. The van der Waals surface area contributed by atoms with Gasteiger partial charge in [-0.05, 0) is 62.4 Å². The topological polar surface area (TPSA) is 88.2 Å². The van der Waals surface area contributed by atoms with Crippen molar-refractivity contribution in [2.24, 2.45) is 5.92 Å². The Hall–Kier alpha value is -2.51. The van der Waals surface area contributed by atoms with Gasteiger partial charge in [-0.3, -0.25) is 4.79 Å². The van der Waals surface area contributed by atoms with Gasteiger partial charge in [-0.25, -0.2) is 9.97 Å². The van der Waals surface area contributed by atoms with Crippen LogP contribution in [0.3, 0.4) is 0 Å². The molecule has 0 bridgehead atoms. The summed E-state index contributed by atoms with van der Waals surface area (Å²) in [6.07, 6.45) is 7.12. The molecule has 0 spiro atoms. The lowest BCUT2D eigenvalue weighted by atomic mass is 9.99. The lowest BCUT2D eigenvalue weighted by Gasteiger charge is -2.22. The van der Waals surface area contributed by atoms with Crippen LogP contribution in [0.25, 0.3) is 11.3 Å². The lowest BCUT2D eigenvalue weighted by Crippen LogP contribution is -2.37. The average molecular weight is 410 g/mol. The highest BCUT2D eigenvalue weighted by Crippen LogP contribution is 2.26. The van der Waals surface area contributed by atoms with Crippen molar-refractivity contribution in [2.45, 2.75) is 45.1 Å². The molecular weight excluding hydrogens is 378 g/mol. The number of hydrogen-bond acceptors (Lipinski definition) is 6. The number of anilines is 2. The van der Waals surface area contributed by atoms with Gasteiger partial charge < -0.3 is 20.7 Å². The van der Waals surface area contributed by atoms with Crippen LogP contribution in [0.4, 0.5) is 11.6 Å². The molecule has 1 amide bonds. The van der Waals surface area contributed by atoms with Crippen molar-refractivity contribution in [3.63, 3.8) is 0 Å². The monoisotopic (exact) mass is 409 g/mol. The Morgan fingerprint density at radius 1 is 1.27 bits per heavy atom. The number of nitrogens with one attached hydrogen (secondary N) is 3. The number of aromatic nitrogens is 2. The molecule has 2 unspecified atom stereocenters. The van der Waals surface area contributed by atoms with E-state index in [1.807, 2.05) is 30.5 Å². The van der Waals surface area contributed by atoms with E-state index in [0.717, 1.165) is 81.0 Å². The van der Waals surface area contributed by atoms with E-state index in [1.54, 1.807) is 0 Å². The van der Waals surface area contributed by atoms with E-state index in [9.17, 15) is 4.79 Å². The molecule has 0 aromatic carbocycles. The minimum Gasteiger partial charge on any atom is -0.376 e. The van der Waals surface area contributed by atoms with Crippen LogP contribution in [0.5, 0.6) is 0 Å². The summed E-state index contributed by atoms with van der Waals surface area (Å²) in [5.74, 6) is 1.45. The number of ether oxygens (including phenoxy) is 1. The molecule has 2 aromatic heterocycles. The quantitative estimate of drug-likeness (QED) is 0.651. The van der Waals surface area contributed by atoms with Gasteiger partial charge in [-0.1, -0.05) is 13.0 Å². The summed E-state index contributed by atoms with van der Waals surface area (Å²) in [4.78, 5) is 21.9. The highest BCUT2D eigenvalue weighted by molar-refractivity contribution is 5.92. The minimum atomic E-state index is -0.00156. The highest BCUT2D eigenvalue weighted by Gasteiger charge is 2.21. The molecule has 2 saturated heterocycles. The first kappa shape index (κ1) is 20.8. The molecular formula is C23H31N5O2. The molecule has 4 heterocycles. The van der Waals surface area contributed by atoms with Gasteiger partial charge in [-0.15, -0.1) is 0 Å². The molecule has 4 rings (SSSR count). The predicted octanol–water partition coefficient (Wildman–Crippen LogP) is 3.24. The Balaban J connectivity index is 1.50. The number of hydrogen-bond donors (Lipinski definition) is 3. The molecule has 2 fully saturated rings. The molecule has 2 atom stereocenters. The number of aryl methyl sites for hydroxylation is 1. The molecule has 0 radical (unpaired) electrons. The molecule has 3 N–H and O–H groups in total. The van der Waals surface area contributed by atoms with E-state index in [2.05, 4.69) is 27.9 Å². The van der Waals surface area contributed by atoms with Crippen molar-refractivity contribution in [2.75, 3.05) is 36.9 Å². The van der Waals surface area contributed by atoms with Gasteiger partial charge in [0.05, 0.1) is 17.7 Å². The van der Waals surface area contributed by atoms with Gasteiger partial charge in [0.15, 0.2) is 0 Å². The predicted molar refractivity (Wildman–Crippen MR) is 119 cm³/mol. The van der Waals surface area contributed by atoms with Gasteiger partial charge in [0.1, 0.15) is 11.6 Å². The van der Waals surface area contributed by atoms with Crippen molar-refractivity contribution in [1.82, 2.24) is 15.3 Å². The maximum atomic E-state index is 12.6. The average Bonchev–Trinajstić information content (AvgIpc) is 3.32. The van der Waals surface area contributed by atoms with E-state index in [-0.39, 0.29) is 17.9 Å². The smallest absolute Gasteiger partial charge is 0.229 e. The van der Waals surface area contributed by atoms with E-state index < -0.39 is 0 Å². The molecule has 160 valence electrons. The number of carbonyl (C=O) groups excluding carboxylic acids is 1. The third-order valence-corrected chi connectivity index (χ3v) is 5.85. The van der Waals surface area contributed by atoms with Crippen molar-refractivity contribution in [1.29, 1.82) is 0 Å².